The summed E-state index contributed by atoms with van der Waals surface area (Å²) in [5.41, 5.74) is 0. The van der Waals surface area contributed by atoms with E-state index < -0.39 is 5.97 Å². The Bertz CT molecular complexity index is 207. The van der Waals surface area contributed by atoms with Gasteiger partial charge in [0.1, 0.15) is 0 Å². The van der Waals surface area contributed by atoms with E-state index in [2.05, 4.69) is 5.92 Å². The van der Waals surface area contributed by atoms with Crippen molar-refractivity contribution in [3.63, 3.8) is 0 Å². The molecule has 12 heavy (non-hydrogen) atoms. The lowest BCUT2D eigenvalue weighted by molar-refractivity contribution is -0.143. The highest BCUT2D eigenvalue weighted by Crippen LogP contribution is 2.15. The fourth-order valence-corrected chi connectivity index (χ4v) is 1.53. The van der Waals surface area contributed by atoms with E-state index in [0.29, 0.717) is 13.1 Å². The zero-order chi connectivity index (χ0) is 8.97. The lowest BCUT2D eigenvalue weighted by Gasteiger charge is -2.28. The third kappa shape index (κ3) is 2.24. The Balaban J connectivity index is 2.41. The van der Waals surface area contributed by atoms with Crippen molar-refractivity contribution in [1.29, 1.82) is 0 Å². The molecule has 0 saturated carbocycles. The standard InChI is InChI=1S/C9H13NO2/c1-2-5-10-6-3-4-8(7-10)9(11)12/h1,8H,3-7H2,(H,11,12). The number of likely N-dealkylation sites (tertiary alicyclic amines) is 1. The van der Waals surface area contributed by atoms with Gasteiger partial charge in [0.2, 0.25) is 0 Å². The van der Waals surface area contributed by atoms with Crippen molar-refractivity contribution in [3.05, 3.63) is 0 Å². The number of rotatable bonds is 2. The third-order valence-electron chi connectivity index (χ3n) is 2.17. The molecule has 1 rings (SSSR count). The van der Waals surface area contributed by atoms with E-state index in [0.717, 1.165) is 19.4 Å². The van der Waals surface area contributed by atoms with Gasteiger partial charge in [-0.05, 0) is 19.4 Å². The first-order valence-electron chi connectivity index (χ1n) is 4.12. The van der Waals surface area contributed by atoms with E-state index >= 15 is 0 Å². The summed E-state index contributed by atoms with van der Waals surface area (Å²) in [7, 11) is 0. The molecule has 0 aliphatic carbocycles. The second-order valence-electron chi connectivity index (χ2n) is 3.12. The normalized spacial score (nSPS) is 24.8. The van der Waals surface area contributed by atoms with Gasteiger partial charge in [-0.15, -0.1) is 6.42 Å². The number of carbonyl (C=O) groups is 1. The summed E-state index contributed by atoms with van der Waals surface area (Å²) in [6, 6.07) is 0. The topological polar surface area (TPSA) is 40.5 Å². The van der Waals surface area contributed by atoms with Crippen LogP contribution in [0.4, 0.5) is 0 Å². The van der Waals surface area contributed by atoms with Gasteiger partial charge in [-0.3, -0.25) is 9.69 Å². The summed E-state index contributed by atoms with van der Waals surface area (Å²) in [5, 5.41) is 8.75. The Kier molecular flexibility index (Phi) is 3.12. The second kappa shape index (κ2) is 4.13. The molecule has 0 bridgehead atoms. The minimum atomic E-state index is -0.697. The predicted octanol–water partition coefficient (Wildman–Crippen LogP) is 0.416. The summed E-state index contributed by atoms with van der Waals surface area (Å²) in [6.07, 6.45) is 6.87. The molecule has 1 heterocycles. The van der Waals surface area contributed by atoms with Crippen LogP contribution in [-0.2, 0) is 4.79 Å². The van der Waals surface area contributed by atoms with E-state index in [1.165, 1.54) is 0 Å². The minimum absolute atomic E-state index is 0.216. The summed E-state index contributed by atoms with van der Waals surface area (Å²) in [6.45, 7) is 2.12. The highest BCUT2D eigenvalue weighted by Gasteiger charge is 2.24. The number of aliphatic carboxylic acids is 1. The zero-order valence-corrected chi connectivity index (χ0v) is 6.99. The third-order valence-corrected chi connectivity index (χ3v) is 2.17. The summed E-state index contributed by atoms with van der Waals surface area (Å²) in [5.74, 6) is 1.62. The number of carboxylic acids is 1. The molecule has 1 N–H and O–H groups in total. The molecule has 3 heteroatoms. The van der Waals surface area contributed by atoms with Gasteiger partial charge in [-0.25, -0.2) is 0 Å². The molecular formula is C9H13NO2. The highest BCUT2D eigenvalue weighted by atomic mass is 16.4. The van der Waals surface area contributed by atoms with Crippen molar-refractivity contribution < 1.29 is 9.90 Å². The predicted molar refractivity (Wildman–Crippen MR) is 45.6 cm³/mol. The Labute approximate surface area is 72.4 Å². The molecular weight excluding hydrogens is 154 g/mol. The number of carboxylic acid groups (broad SMARTS) is 1. The van der Waals surface area contributed by atoms with Crippen molar-refractivity contribution in [2.24, 2.45) is 5.92 Å². The fraction of sp³-hybridized carbons (Fsp3) is 0.667. The van der Waals surface area contributed by atoms with Crippen LogP contribution >= 0.6 is 0 Å². The first kappa shape index (κ1) is 9.08. The van der Waals surface area contributed by atoms with Crippen LogP contribution in [0.25, 0.3) is 0 Å². The largest absolute Gasteiger partial charge is 0.481 e. The molecule has 0 aromatic rings. The summed E-state index contributed by atoms with van der Waals surface area (Å²) in [4.78, 5) is 12.6. The van der Waals surface area contributed by atoms with Crippen molar-refractivity contribution in [2.45, 2.75) is 12.8 Å². The van der Waals surface area contributed by atoms with E-state index in [1.807, 2.05) is 4.90 Å². The van der Waals surface area contributed by atoms with Gasteiger partial charge in [0.05, 0.1) is 12.5 Å². The van der Waals surface area contributed by atoms with Crippen molar-refractivity contribution >= 4 is 5.97 Å². The molecule has 0 radical (unpaired) electrons. The molecule has 1 atom stereocenters. The number of terminal acetylenes is 1. The van der Waals surface area contributed by atoms with Gasteiger partial charge in [-0.1, -0.05) is 5.92 Å². The van der Waals surface area contributed by atoms with Crippen LogP contribution in [0.1, 0.15) is 12.8 Å². The van der Waals surface area contributed by atoms with Gasteiger partial charge in [-0.2, -0.15) is 0 Å². The number of nitrogens with zero attached hydrogens (tertiary/aromatic N) is 1. The monoisotopic (exact) mass is 167 g/mol. The van der Waals surface area contributed by atoms with Crippen LogP contribution in [0.2, 0.25) is 0 Å². The van der Waals surface area contributed by atoms with Crippen LogP contribution in [-0.4, -0.2) is 35.6 Å². The number of piperidine rings is 1. The maximum Gasteiger partial charge on any atom is 0.307 e. The van der Waals surface area contributed by atoms with Gasteiger partial charge in [0, 0.05) is 6.54 Å². The summed E-state index contributed by atoms with van der Waals surface area (Å²) < 4.78 is 0. The molecule has 0 aromatic heterocycles. The second-order valence-corrected chi connectivity index (χ2v) is 3.12. The minimum Gasteiger partial charge on any atom is -0.481 e. The van der Waals surface area contributed by atoms with E-state index in [1.54, 1.807) is 0 Å². The maximum absolute atomic E-state index is 10.6. The van der Waals surface area contributed by atoms with Crippen molar-refractivity contribution in [1.82, 2.24) is 4.90 Å². The molecule has 1 aliphatic rings. The Morgan fingerprint density at radius 3 is 3.08 bits per heavy atom. The molecule has 0 aromatic carbocycles. The summed E-state index contributed by atoms with van der Waals surface area (Å²) >= 11 is 0. The maximum atomic E-state index is 10.6. The van der Waals surface area contributed by atoms with Crippen LogP contribution in [0.15, 0.2) is 0 Å². The first-order chi connectivity index (χ1) is 5.74. The molecule has 1 aliphatic heterocycles. The molecule has 0 amide bonds. The van der Waals surface area contributed by atoms with Gasteiger partial charge in [0.15, 0.2) is 0 Å². The van der Waals surface area contributed by atoms with Crippen molar-refractivity contribution in [2.75, 3.05) is 19.6 Å². The van der Waals surface area contributed by atoms with Crippen LogP contribution in [0.3, 0.4) is 0 Å². The van der Waals surface area contributed by atoms with Gasteiger partial charge >= 0.3 is 5.97 Å². The fourth-order valence-electron chi connectivity index (χ4n) is 1.53. The first-order valence-corrected chi connectivity index (χ1v) is 4.12. The quantitative estimate of drug-likeness (QED) is 0.606. The van der Waals surface area contributed by atoms with E-state index in [-0.39, 0.29) is 5.92 Å². The van der Waals surface area contributed by atoms with Gasteiger partial charge < -0.3 is 5.11 Å². The Hall–Kier alpha value is -1.01. The SMILES string of the molecule is C#CCN1CCCC(C(=O)O)C1. The number of hydrogen-bond acceptors (Lipinski definition) is 2. The van der Waals surface area contributed by atoms with Crippen molar-refractivity contribution in [3.8, 4) is 12.3 Å². The van der Waals surface area contributed by atoms with Crippen LogP contribution in [0, 0.1) is 18.3 Å². The highest BCUT2D eigenvalue weighted by molar-refractivity contribution is 5.70. The molecule has 1 unspecified atom stereocenters. The van der Waals surface area contributed by atoms with E-state index in [9.17, 15) is 4.79 Å². The Morgan fingerprint density at radius 2 is 2.50 bits per heavy atom. The Morgan fingerprint density at radius 1 is 1.75 bits per heavy atom. The van der Waals surface area contributed by atoms with Gasteiger partial charge in [0.25, 0.3) is 0 Å². The van der Waals surface area contributed by atoms with Crippen LogP contribution < -0.4 is 0 Å². The smallest absolute Gasteiger partial charge is 0.307 e. The van der Waals surface area contributed by atoms with E-state index in [4.69, 9.17) is 11.5 Å². The lowest BCUT2D eigenvalue weighted by Crippen LogP contribution is -2.38. The molecule has 3 nitrogen and oxygen atoms in total. The number of hydrogen-bond donors (Lipinski definition) is 1. The average Bonchev–Trinajstić information content (AvgIpc) is 2.05. The molecule has 66 valence electrons. The lowest BCUT2D eigenvalue weighted by atomic mass is 9.98. The molecule has 1 fully saturated rings. The molecule has 0 spiro atoms. The average molecular weight is 167 g/mol. The van der Waals surface area contributed by atoms with Crippen LogP contribution in [0.5, 0.6) is 0 Å². The zero-order valence-electron chi connectivity index (χ0n) is 6.99. The molecule has 1 saturated heterocycles.